The van der Waals surface area contributed by atoms with Gasteiger partial charge in [0.25, 0.3) is 0 Å². The summed E-state index contributed by atoms with van der Waals surface area (Å²) in [5, 5.41) is 5.97. The molecule has 0 spiro atoms. The largest absolute Gasteiger partial charge is 0.336 e. The van der Waals surface area contributed by atoms with Gasteiger partial charge in [0.1, 0.15) is 0 Å². The Labute approximate surface area is 164 Å². The molecule has 1 fully saturated rings. The molecule has 2 aromatic carbocycles. The molecule has 0 heterocycles. The average Bonchev–Trinajstić information content (AvgIpc) is 3.43. The van der Waals surface area contributed by atoms with Gasteiger partial charge in [-0.1, -0.05) is 48.0 Å². The number of anilines is 1. The summed E-state index contributed by atoms with van der Waals surface area (Å²) >= 11 is 0. The fourth-order valence-electron chi connectivity index (χ4n) is 3.97. The van der Waals surface area contributed by atoms with Gasteiger partial charge >= 0.3 is 6.03 Å². The number of rotatable bonds is 5. The SMILES string of the molecule is Cc1ccccc1NC(=O)NCC(c1ccc2c(c1)CC=C1CC12)N(C)C.[HH].[HH]. The van der Waals surface area contributed by atoms with Crippen molar-refractivity contribution in [2.45, 2.75) is 31.7 Å². The number of hydrogen-bond acceptors (Lipinski definition) is 2. The van der Waals surface area contributed by atoms with Gasteiger partial charge in [-0.25, -0.2) is 4.79 Å². The third-order valence-corrected chi connectivity index (χ3v) is 5.71. The number of carbonyl (C=O) groups excluding carboxylic acids is 1. The molecular formula is C23H31N3O. The van der Waals surface area contributed by atoms with E-state index in [0.29, 0.717) is 12.5 Å². The molecule has 144 valence electrons. The van der Waals surface area contributed by atoms with Crippen molar-refractivity contribution < 1.29 is 7.65 Å². The van der Waals surface area contributed by atoms with Crippen LogP contribution in [0.2, 0.25) is 0 Å². The molecule has 2 aromatic rings. The molecule has 2 atom stereocenters. The Morgan fingerprint density at radius 3 is 2.85 bits per heavy atom. The number of likely N-dealkylation sites (N-methyl/N-ethyl adjacent to an activating group) is 1. The van der Waals surface area contributed by atoms with Crippen LogP contribution in [-0.4, -0.2) is 31.6 Å². The maximum absolute atomic E-state index is 12.4. The number of amides is 2. The van der Waals surface area contributed by atoms with Gasteiger partial charge in [-0.05, 0) is 62.2 Å². The van der Waals surface area contributed by atoms with Gasteiger partial charge in [-0.3, -0.25) is 0 Å². The van der Waals surface area contributed by atoms with Gasteiger partial charge in [-0.15, -0.1) is 0 Å². The molecule has 2 amide bonds. The van der Waals surface area contributed by atoms with Crippen LogP contribution in [0.15, 0.2) is 54.1 Å². The predicted molar refractivity (Wildman–Crippen MR) is 114 cm³/mol. The van der Waals surface area contributed by atoms with Crippen LogP contribution in [0.25, 0.3) is 0 Å². The molecule has 1 saturated carbocycles. The van der Waals surface area contributed by atoms with E-state index in [2.05, 4.69) is 53.9 Å². The maximum Gasteiger partial charge on any atom is 0.319 e. The molecule has 2 unspecified atom stereocenters. The Hall–Kier alpha value is -2.59. The van der Waals surface area contributed by atoms with Crippen LogP contribution in [-0.2, 0) is 6.42 Å². The minimum absolute atomic E-state index is 0. The molecule has 4 heteroatoms. The second-order valence-electron chi connectivity index (χ2n) is 7.83. The van der Waals surface area contributed by atoms with Crippen molar-refractivity contribution in [3.05, 3.63) is 76.4 Å². The van der Waals surface area contributed by atoms with E-state index in [0.717, 1.165) is 17.7 Å². The highest BCUT2D eigenvalue weighted by molar-refractivity contribution is 5.90. The minimum atomic E-state index is -0.167. The van der Waals surface area contributed by atoms with Crippen molar-refractivity contribution in [3.63, 3.8) is 0 Å². The van der Waals surface area contributed by atoms with E-state index in [1.165, 1.54) is 23.1 Å². The summed E-state index contributed by atoms with van der Waals surface area (Å²) in [4.78, 5) is 14.5. The summed E-state index contributed by atoms with van der Waals surface area (Å²) in [6, 6.07) is 14.6. The van der Waals surface area contributed by atoms with Crippen molar-refractivity contribution in [2.24, 2.45) is 0 Å². The lowest BCUT2D eigenvalue weighted by atomic mass is 9.92. The van der Waals surface area contributed by atoms with E-state index in [9.17, 15) is 4.79 Å². The first kappa shape index (κ1) is 17.8. The van der Waals surface area contributed by atoms with E-state index in [1.54, 1.807) is 5.57 Å². The summed E-state index contributed by atoms with van der Waals surface area (Å²) < 4.78 is 0. The topological polar surface area (TPSA) is 44.4 Å². The number of nitrogens with zero attached hydrogens (tertiary/aromatic N) is 1. The first-order chi connectivity index (χ1) is 13.0. The summed E-state index contributed by atoms with van der Waals surface area (Å²) in [6.07, 6.45) is 4.66. The number of para-hydroxylation sites is 1. The fourth-order valence-corrected chi connectivity index (χ4v) is 3.97. The van der Waals surface area contributed by atoms with Crippen molar-refractivity contribution in [3.8, 4) is 0 Å². The molecule has 0 saturated heterocycles. The molecule has 0 radical (unpaired) electrons. The Bertz CT molecular complexity index is 911. The van der Waals surface area contributed by atoms with Crippen LogP contribution in [0.1, 0.15) is 43.5 Å². The molecule has 0 bridgehead atoms. The quantitative estimate of drug-likeness (QED) is 0.742. The van der Waals surface area contributed by atoms with Crippen molar-refractivity contribution in [2.75, 3.05) is 26.0 Å². The second kappa shape index (κ2) is 7.20. The number of hydrogen-bond donors (Lipinski definition) is 2. The molecule has 27 heavy (non-hydrogen) atoms. The average molecular weight is 366 g/mol. The summed E-state index contributed by atoms with van der Waals surface area (Å²) in [5.74, 6) is 0.679. The lowest BCUT2D eigenvalue weighted by Gasteiger charge is -2.26. The number of allylic oxidation sites excluding steroid dienone is 2. The lowest BCUT2D eigenvalue weighted by molar-refractivity contribution is 0.243. The van der Waals surface area contributed by atoms with Crippen LogP contribution >= 0.6 is 0 Å². The molecule has 2 aliphatic carbocycles. The van der Waals surface area contributed by atoms with Gasteiger partial charge < -0.3 is 15.5 Å². The molecular weight excluding hydrogens is 334 g/mol. The Kier molecular flexibility index (Phi) is 4.75. The number of carbonyl (C=O) groups is 1. The first-order valence-electron chi connectivity index (χ1n) is 9.61. The Morgan fingerprint density at radius 2 is 2.07 bits per heavy atom. The van der Waals surface area contributed by atoms with Gasteiger partial charge in [-0.2, -0.15) is 0 Å². The number of urea groups is 1. The maximum atomic E-state index is 12.4. The van der Waals surface area contributed by atoms with E-state index in [-0.39, 0.29) is 14.9 Å². The second-order valence-corrected chi connectivity index (χ2v) is 7.83. The van der Waals surface area contributed by atoms with Crippen LogP contribution in [0, 0.1) is 6.92 Å². The number of aryl methyl sites for hydroxylation is 1. The fraction of sp³-hybridized carbons (Fsp3) is 0.348. The van der Waals surface area contributed by atoms with Crippen LogP contribution in [0.4, 0.5) is 10.5 Å². The van der Waals surface area contributed by atoms with Gasteiger partial charge in [0.2, 0.25) is 0 Å². The zero-order valence-electron chi connectivity index (χ0n) is 16.3. The van der Waals surface area contributed by atoms with E-state index >= 15 is 0 Å². The van der Waals surface area contributed by atoms with Gasteiger partial charge in [0, 0.05) is 21.0 Å². The van der Waals surface area contributed by atoms with Gasteiger partial charge in [0.15, 0.2) is 0 Å². The smallest absolute Gasteiger partial charge is 0.319 e. The lowest BCUT2D eigenvalue weighted by Crippen LogP contribution is -2.37. The van der Waals surface area contributed by atoms with Crippen LogP contribution < -0.4 is 10.6 Å². The standard InChI is InChI=1S/C23H27N3O.2H2/c1-15-6-4-5-7-21(15)25-23(27)24-14-22(26(2)3)18-10-11-19-16(12-18)8-9-17-13-20(17)19;;/h4-7,9-12,20,22H,8,13-14H2,1-3H3,(H2,24,25,27);2*1H. The van der Waals surface area contributed by atoms with E-state index in [4.69, 9.17) is 0 Å². The van der Waals surface area contributed by atoms with Gasteiger partial charge in [0.05, 0.1) is 6.04 Å². The van der Waals surface area contributed by atoms with Crippen LogP contribution in [0.5, 0.6) is 0 Å². The Morgan fingerprint density at radius 1 is 1.26 bits per heavy atom. The highest BCUT2D eigenvalue weighted by Crippen LogP contribution is 2.51. The highest BCUT2D eigenvalue weighted by atomic mass is 16.2. The Balaban J connectivity index is 0.00000150. The molecule has 0 aliphatic heterocycles. The number of nitrogens with one attached hydrogen (secondary N) is 2. The molecule has 2 aliphatic rings. The normalized spacial score (nSPS) is 18.2. The highest BCUT2D eigenvalue weighted by Gasteiger charge is 2.35. The number of fused-ring (bicyclic) bond motifs is 3. The minimum Gasteiger partial charge on any atom is -0.336 e. The predicted octanol–water partition coefficient (Wildman–Crippen LogP) is 4.88. The summed E-state index contributed by atoms with van der Waals surface area (Å²) in [7, 11) is 4.12. The van der Waals surface area contributed by atoms with E-state index < -0.39 is 0 Å². The summed E-state index contributed by atoms with van der Waals surface area (Å²) in [6.45, 7) is 2.55. The van der Waals surface area contributed by atoms with Crippen LogP contribution in [0.3, 0.4) is 0 Å². The molecule has 2 N–H and O–H groups in total. The van der Waals surface area contributed by atoms with Crippen molar-refractivity contribution >= 4 is 11.7 Å². The zero-order valence-corrected chi connectivity index (χ0v) is 16.3. The van der Waals surface area contributed by atoms with Crippen molar-refractivity contribution in [1.82, 2.24) is 10.2 Å². The molecule has 0 aromatic heterocycles. The molecule has 4 rings (SSSR count). The zero-order chi connectivity index (χ0) is 19.0. The molecule has 4 nitrogen and oxygen atoms in total. The first-order valence-corrected chi connectivity index (χ1v) is 9.61. The number of benzene rings is 2. The summed E-state index contributed by atoms with van der Waals surface area (Å²) in [5.41, 5.74) is 7.70. The van der Waals surface area contributed by atoms with E-state index in [1.807, 2.05) is 31.2 Å². The third-order valence-electron chi connectivity index (χ3n) is 5.71. The third kappa shape index (κ3) is 3.76. The monoisotopic (exact) mass is 365 g/mol. The van der Waals surface area contributed by atoms with Crippen molar-refractivity contribution in [1.29, 1.82) is 0 Å².